The minimum Gasteiger partial charge on any atom is -0.462 e. The summed E-state index contributed by atoms with van der Waals surface area (Å²) in [4.78, 5) is 38.2. The van der Waals surface area contributed by atoms with Crippen molar-refractivity contribution in [2.75, 3.05) is 13.2 Å². The molecule has 0 aromatic rings. The molecule has 1 unspecified atom stereocenters. The first-order chi connectivity index (χ1) is 39.0. The van der Waals surface area contributed by atoms with Gasteiger partial charge in [-0.2, -0.15) is 0 Å². The van der Waals surface area contributed by atoms with Gasteiger partial charge in [0.25, 0.3) is 0 Å². The van der Waals surface area contributed by atoms with Crippen molar-refractivity contribution in [1.82, 2.24) is 0 Å². The highest BCUT2D eigenvalue weighted by Gasteiger charge is 2.19. The third kappa shape index (κ3) is 63.5. The van der Waals surface area contributed by atoms with Crippen molar-refractivity contribution in [3.63, 3.8) is 0 Å². The van der Waals surface area contributed by atoms with E-state index >= 15 is 0 Å². The van der Waals surface area contributed by atoms with Crippen molar-refractivity contribution in [1.29, 1.82) is 0 Å². The van der Waals surface area contributed by atoms with Gasteiger partial charge in [-0.25, -0.2) is 0 Å². The number of unbranched alkanes of at least 4 members (excludes halogenated alkanes) is 16. The van der Waals surface area contributed by atoms with Crippen molar-refractivity contribution in [2.45, 2.75) is 258 Å². The Labute approximate surface area is 485 Å². The fourth-order valence-electron chi connectivity index (χ4n) is 8.07. The molecule has 0 aliphatic carbocycles. The van der Waals surface area contributed by atoms with Gasteiger partial charge in [0, 0.05) is 19.3 Å². The predicted octanol–water partition coefficient (Wildman–Crippen LogP) is 21.9. The first-order valence-electron chi connectivity index (χ1n) is 31.6. The Bertz CT molecular complexity index is 1820. The number of hydrogen-bond donors (Lipinski definition) is 0. The number of esters is 3. The van der Waals surface area contributed by atoms with Gasteiger partial charge in [-0.15, -0.1) is 0 Å². The van der Waals surface area contributed by atoms with Crippen LogP contribution in [0.25, 0.3) is 0 Å². The van der Waals surface area contributed by atoms with Crippen LogP contribution in [0.15, 0.2) is 170 Å². The molecule has 0 amide bonds. The third-order valence-electron chi connectivity index (χ3n) is 12.7. The van der Waals surface area contributed by atoms with Crippen LogP contribution in [0.2, 0.25) is 0 Å². The zero-order chi connectivity index (χ0) is 57.1. The molecule has 6 nitrogen and oxygen atoms in total. The summed E-state index contributed by atoms with van der Waals surface area (Å²) in [6, 6.07) is 0. The maximum absolute atomic E-state index is 12.8. The van der Waals surface area contributed by atoms with Crippen LogP contribution in [-0.4, -0.2) is 37.2 Å². The Hall–Kier alpha value is -5.23. The molecule has 79 heavy (non-hydrogen) atoms. The zero-order valence-corrected chi connectivity index (χ0v) is 50.6. The van der Waals surface area contributed by atoms with Crippen molar-refractivity contribution in [3.05, 3.63) is 170 Å². The van der Waals surface area contributed by atoms with E-state index < -0.39 is 12.1 Å². The van der Waals surface area contributed by atoms with Gasteiger partial charge in [-0.05, 0) is 122 Å². The molecular formula is C73H114O6. The van der Waals surface area contributed by atoms with Crippen LogP contribution in [0.5, 0.6) is 0 Å². The van der Waals surface area contributed by atoms with Crippen LogP contribution in [0.3, 0.4) is 0 Å². The van der Waals surface area contributed by atoms with E-state index in [0.717, 1.165) is 141 Å². The van der Waals surface area contributed by atoms with E-state index in [1.807, 2.05) is 12.2 Å². The van der Waals surface area contributed by atoms with Crippen molar-refractivity contribution < 1.29 is 28.6 Å². The molecule has 0 radical (unpaired) electrons. The Morgan fingerprint density at radius 1 is 0.266 bits per heavy atom. The largest absolute Gasteiger partial charge is 0.462 e. The highest BCUT2D eigenvalue weighted by atomic mass is 16.6. The number of hydrogen-bond acceptors (Lipinski definition) is 6. The fourth-order valence-corrected chi connectivity index (χ4v) is 8.07. The lowest BCUT2D eigenvalue weighted by Crippen LogP contribution is -2.30. The summed E-state index contributed by atoms with van der Waals surface area (Å²) in [7, 11) is 0. The first-order valence-corrected chi connectivity index (χ1v) is 31.6. The Balaban J connectivity index is 4.41. The lowest BCUT2D eigenvalue weighted by molar-refractivity contribution is -0.166. The smallest absolute Gasteiger partial charge is 0.306 e. The first kappa shape index (κ1) is 73.8. The number of allylic oxidation sites excluding steroid dienone is 28. The maximum Gasteiger partial charge on any atom is 0.306 e. The SMILES string of the molecule is CC/C=C\C/C=C\C/C=C\C/C=C\C/C=C\C/C=C\C/C=C\C/C=C\CCCCCCCCC(=O)OCC(COC(=O)CCCCCCCCCCCCC)OC(=O)CC/C=C\C/C=C\C/C=C\C/C=C\C/C=C\C/C=C\CC. The standard InChI is InChI=1S/C73H114O6/c1-4-7-10-13-16-19-22-24-26-28-30-31-32-33-34-35-36-37-38-39-40-41-43-44-46-48-51-54-57-60-63-66-72(75)78-69-70(68-77-71(74)65-62-59-56-53-50-21-18-15-12-9-6-3)79-73(76)67-64-61-58-55-52-49-47-45-42-29-27-25-23-20-17-14-11-8-5-2/h7-8,10-11,16-17,19-20,24-27,30-31,33-34,36-37,39-40,42-45,49,52,58,61,70H,4-6,9,12-15,18,21-23,28-29,32,35,38,41,46-48,50-51,53-57,59-60,62-69H2,1-3H3/b10-7-,11-8-,19-16-,20-17-,26-24-,27-25-,31-30-,34-33-,37-36-,40-39-,44-43-,45-42-,52-49-,61-58-. The summed E-state index contributed by atoms with van der Waals surface area (Å²) >= 11 is 0. The minimum absolute atomic E-state index is 0.118. The monoisotopic (exact) mass is 1090 g/mol. The molecule has 0 saturated heterocycles. The van der Waals surface area contributed by atoms with Gasteiger partial charge in [0.2, 0.25) is 0 Å². The highest BCUT2D eigenvalue weighted by Crippen LogP contribution is 2.14. The lowest BCUT2D eigenvalue weighted by atomic mass is 10.1. The van der Waals surface area contributed by atoms with E-state index in [1.165, 1.54) is 64.2 Å². The number of carbonyl (C=O) groups is 3. The molecule has 0 aliphatic rings. The van der Waals surface area contributed by atoms with Gasteiger partial charge in [-0.1, -0.05) is 281 Å². The Morgan fingerprint density at radius 3 is 0.823 bits per heavy atom. The van der Waals surface area contributed by atoms with E-state index in [0.29, 0.717) is 19.3 Å². The summed E-state index contributed by atoms with van der Waals surface area (Å²) in [5, 5.41) is 0. The minimum atomic E-state index is -0.832. The molecule has 0 aromatic carbocycles. The summed E-state index contributed by atoms with van der Waals surface area (Å²) < 4.78 is 16.8. The van der Waals surface area contributed by atoms with Crippen LogP contribution in [-0.2, 0) is 28.6 Å². The van der Waals surface area contributed by atoms with Crippen LogP contribution >= 0.6 is 0 Å². The van der Waals surface area contributed by atoms with Crippen molar-refractivity contribution >= 4 is 17.9 Å². The molecule has 442 valence electrons. The second kappa shape index (κ2) is 65.3. The number of ether oxygens (including phenoxy) is 3. The average molecular weight is 1090 g/mol. The van der Waals surface area contributed by atoms with E-state index in [-0.39, 0.29) is 31.6 Å². The van der Waals surface area contributed by atoms with E-state index in [1.54, 1.807) is 0 Å². The van der Waals surface area contributed by atoms with Crippen LogP contribution < -0.4 is 0 Å². The molecule has 1 atom stereocenters. The van der Waals surface area contributed by atoms with Gasteiger partial charge in [-0.3, -0.25) is 14.4 Å². The molecular weight excluding hydrogens is 973 g/mol. The van der Waals surface area contributed by atoms with Gasteiger partial charge < -0.3 is 14.2 Å². The molecule has 0 bridgehead atoms. The van der Waals surface area contributed by atoms with Gasteiger partial charge >= 0.3 is 17.9 Å². The fraction of sp³-hybridized carbons (Fsp3) is 0.575. The quantitative estimate of drug-likeness (QED) is 0.0261. The molecule has 0 N–H and O–H groups in total. The molecule has 0 aliphatic heterocycles. The van der Waals surface area contributed by atoms with Crippen LogP contribution in [0.1, 0.15) is 252 Å². The van der Waals surface area contributed by atoms with Gasteiger partial charge in [0.1, 0.15) is 13.2 Å². The number of carbonyl (C=O) groups excluding carboxylic acids is 3. The second-order valence-corrected chi connectivity index (χ2v) is 20.2. The summed E-state index contributed by atoms with van der Waals surface area (Å²) in [6.07, 6.45) is 96.6. The van der Waals surface area contributed by atoms with Crippen LogP contribution in [0.4, 0.5) is 0 Å². The second-order valence-electron chi connectivity index (χ2n) is 20.2. The molecule has 0 fully saturated rings. The summed E-state index contributed by atoms with van der Waals surface area (Å²) in [5.74, 6) is -1.03. The Morgan fingerprint density at radius 2 is 0.519 bits per heavy atom. The molecule has 0 aromatic heterocycles. The Kier molecular flexibility index (Phi) is 61.0. The molecule has 0 heterocycles. The van der Waals surface area contributed by atoms with Crippen molar-refractivity contribution in [3.8, 4) is 0 Å². The molecule has 0 saturated carbocycles. The average Bonchev–Trinajstić information content (AvgIpc) is 3.45. The highest BCUT2D eigenvalue weighted by molar-refractivity contribution is 5.71. The van der Waals surface area contributed by atoms with Gasteiger partial charge in [0.05, 0.1) is 0 Å². The molecule has 6 heteroatoms. The van der Waals surface area contributed by atoms with E-state index in [9.17, 15) is 14.4 Å². The topological polar surface area (TPSA) is 78.9 Å². The van der Waals surface area contributed by atoms with Gasteiger partial charge in [0.15, 0.2) is 6.10 Å². The zero-order valence-electron chi connectivity index (χ0n) is 50.6. The van der Waals surface area contributed by atoms with Crippen LogP contribution in [0, 0.1) is 0 Å². The lowest BCUT2D eigenvalue weighted by Gasteiger charge is -2.18. The summed E-state index contributed by atoms with van der Waals surface area (Å²) in [6.45, 7) is 6.32. The third-order valence-corrected chi connectivity index (χ3v) is 12.7. The maximum atomic E-state index is 12.8. The predicted molar refractivity (Wildman–Crippen MR) is 343 cm³/mol. The van der Waals surface area contributed by atoms with E-state index in [2.05, 4.69) is 179 Å². The van der Waals surface area contributed by atoms with Crippen molar-refractivity contribution in [2.24, 2.45) is 0 Å². The molecule has 0 rings (SSSR count). The number of rotatable bonds is 55. The molecule has 0 spiro atoms. The normalized spacial score (nSPS) is 13.3. The summed E-state index contributed by atoms with van der Waals surface area (Å²) in [5.41, 5.74) is 0. The van der Waals surface area contributed by atoms with E-state index in [4.69, 9.17) is 14.2 Å².